The number of hydrogen-bond acceptors (Lipinski definition) is 5. The van der Waals surface area contributed by atoms with Gasteiger partial charge in [-0.2, -0.15) is 5.10 Å². The van der Waals surface area contributed by atoms with Crippen LogP contribution in [0, 0.1) is 0 Å². The highest BCUT2D eigenvalue weighted by Gasteiger charge is 2.16. The fraction of sp³-hybridized carbons (Fsp3) is 0.818. The van der Waals surface area contributed by atoms with Crippen molar-refractivity contribution >= 4 is 0 Å². The molecule has 6 nitrogen and oxygen atoms in total. The number of nitrogens with one attached hydrogen (secondary N) is 1. The van der Waals surface area contributed by atoms with E-state index in [0.29, 0.717) is 19.3 Å². The zero-order chi connectivity index (χ0) is 11.9. The molecule has 0 spiro atoms. The lowest BCUT2D eigenvalue weighted by atomic mass is 10.2. The van der Waals surface area contributed by atoms with E-state index in [0.717, 1.165) is 38.4 Å². The van der Waals surface area contributed by atoms with Gasteiger partial charge in [-0.1, -0.05) is 0 Å². The summed E-state index contributed by atoms with van der Waals surface area (Å²) in [5.74, 6) is 0.819. The summed E-state index contributed by atoms with van der Waals surface area (Å²) in [6.07, 6.45) is 4.37. The summed E-state index contributed by atoms with van der Waals surface area (Å²) in [5, 5.41) is 7.61. The van der Waals surface area contributed by atoms with Crippen LogP contribution in [0.4, 0.5) is 0 Å². The highest BCUT2D eigenvalue weighted by molar-refractivity contribution is 4.81. The van der Waals surface area contributed by atoms with Crippen molar-refractivity contribution in [2.24, 2.45) is 0 Å². The van der Waals surface area contributed by atoms with E-state index >= 15 is 0 Å². The molecular weight excluding hydrogens is 220 g/mol. The molecule has 0 radical (unpaired) electrons. The Morgan fingerprint density at radius 1 is 1.65 bits per heavy atom. The van der Waals surface area contributed by atoms with E-state index in [1.165, 1.54) is 0 Å². The van der Waals surface area contributed by atoms with E-state index in [9.17, 15) is 0 Å². The number of aromatic nitrogens is 3. The molecule has 1 aliphatic rings. The van der Waals surface area contributed by atoms with E-state index in [1.54, 1.807) is 13.4 Å². The normalized spacial score (nSPS) is 19.9. The topological polar surface area (TPSA) is 61.2 Å². The van der Waals surface area contributed by atoms with Crippen LogP contribution in [-0.2, 0) is 22.6 Å². The maximum absolute atomic E-state index is 5.56. The summed E-state index contributed by atoms with van der Waals surface area (Å²) in [4.78, 5) is 4.25. The van der Waals surface area contributed by atoms with E-state index in [-0.39, 0.29) is 0 Å². The monoisotopic (exact) mass is 240 g/mol. The van der Waals surface area contributed by atoms with Crippen LogP contribution in [0.15, 0.2) is 6.33 Å². The molecule has 0 aliphatic carbocycles. The van der Waals surface area contributed by atoms with E-state index in [2.05, 4.69) is 15.4 Å². The number of methoxy groups -OCH3 is 1. The summed E-state index contributed by atoms with van der Waals surface area (Å²) in [6.45, 7) is 3.89. The minimum atomic E-state index is 0.311. The second kappa shape index (κ2) is 6.68. The van der Waals surface area contributed by atoms with Crippen molar-refractivity contribution in [1.82, 2.24) is 20.1 Å². The highest BCUT2D eigenvalue weighted by Crippen LogP contribution is 2.13. The predicted molar refractivity (Wildman–Crippen MR) is 62.6 cm³/mol. The molecule has 0 saturated carbocycles. The van der Waals surface area contributed by atoms with Gasteiger partial charge < -0.3 is 14.8 Å². The van der Waals surface area contributed by atoms with Crippen LogP contribution in [0.5, 0.6) is 0 Å². The summed E-state index contributed by atoms with van der Waals surface area (Å²) >= 11 is 0. The minimum absolute atomic E-state index is 0.311. The third-order valence-electron chi connectivity index (χ3n) is 2.76. The second-order valence-electron chi connectivity index (χ2n) is 4.19. The van der Waals surface area contributed by atoms with Crippen molar-refractivity contribution in [2.75, 3.05) is 26.9 Å². The Morgan fingerprint density at radius 2 is 2.59 bits per heavy atom. The molecule has 6 heteroatoms. The van der Waals surface area contributed by atoms with Gasteiger partial charge in [0.1, 0.15) is 6.33 Å². The molecule has 0 aromatic carbocycles. The molecule has 0 bridgehead atoms. The number of ether oxygens (including phenoxy) is 2. The summed E-state index contributed by atoms with van der Waals surface area (Å²) in [7, 11) is 1.69. The Kier molecular flexibility index (Phi) is 4.90. The third-order valence-corrected chi connectivity index (χ3v) is 2.76. The first-order chi connectivity index (χ1) is 8.38. The molecule has 17 heavy (non-hydrogen) atoms. The van der Waals surface area contributed by atoms with Crippen LogP contribution in [-0.4, -0.2) is 47.7 Å². The zero-order valence-corrected chi connectivity index (χ0v) is 10.3. The van der Waals surface area contributed by atoms with Gasteiger partial charge in [0, 0.05) is 20.3 Å². The first kappa shape index (κ1) is 12.5. The first-order valence-electron chi connectivity index (χ1n) is 6.08. The minimum Gasteiger partial charge on any atom is -0.383 e. The van der Waals surface area contributed by atoms with Crippen molar-refractivity contribution in [3.8, 4) is 0 Å². The van der Waals surface area contributed by atoms with Gasteiger partial charge in [0.25, 0.3) is 0 Å². The fourth-order valence-corrected chi connectivity index (χ4v) is 1.87. The van der Waals surface area contributed by atoms with Crippen molar-refractivity contribution in [3.05, 3.63) is 12.2 Å². The largest absolute Gasteiger partial charge is 0.383 e. The predicted octanol–water partition coefficient (Wildman–Crippen LogP) is 0.193. The van der Waals surface area contributed by atoms with Gasteiger partial charge in [0.05, 0.1) is 25.8 Å². The Hall–Kier alpha value is -0.980. The van der Waals surface area contributed by atoms with Crippen LogP contribution >= 0.6 is 0 Å². The Labute approximate surface area is 101 Å². The maximum Gasteiger partial charge on any atom is 0.164 e. The lowest BCUT2D eigenvalue weighted by Gasteiger charge is -2.07. The van der Waals surface area contributed by atoms with Gasteiger partial charge in [0.15, 0.2) is 5.82 Å². The number of nitrogens with zero attached hydrogens (tertiary/aromatic N) is 3. The van der Waals surface area contributed by atoms with Crippen LogP contribution in [0.1, 0.15) is 18.7 Å². The van der Waals surface area contributed by atoms with Gasteiger partial charge in [-0.3, -0.25) is 4.68 Å². The zero-order valence-electron chi connectivity index (χ0n) is 10.3. The highest BCUT2D eigenvalue weighted by atomic mass is 16.5. The van der Waals surface area contributed by atoms with Crippen LogP contribution in [0.2, 0.25) is 0 Å². The second-order valence-corrected chi connectivity index (χ2v) is 4.19. The van der Waals surface area contributed by atoms with Gasteiger partial charge in [0.2, 0.25) is 0 Å². The smallest absolute Gasteiger partial charge is 0.164 e. The molecule has 1 unspecified atom stereocenters. The van der Waals surface area contributed by atoms with Crippen molar-refractivity contribution < 1.29 is 9.47 Å². The van der Waals surface area contributed by atoms with E-state index < -0.39 is 0 Å². The fourth-order valence-electron chi connectivity index (χ4n) is 1.87. The van der Waals surface area contributed by atoms with E-state index in [4.69, 9.17) is 9.47 Å². The van der Waals surface area contributed by atoms with Gasteiger partial charge in [-0.05, 0) is 12.8 Å². The van der Waals surface area contributed by atoms with Gasteiger partial charge >= 0.3 is 0 Å². The van der Waals surface area contributed by atoms with Crippen LogP contribution < -0.4 is 5.32 Å². The Morgan fingerprint density at radius 3 is 3.35 bits per heavy atom. The molecule has 1 aliphatic heterocycles. The van der Waals surface area contributed by atoms with Crippen molar-refractivity contribution in [2.45, 2.75) is 32.0 Å². The quantitative estimate of drug-likeness (QED) is 0.690. The molecule has 1 aromatic heterocycles. The molecule has 2 rings (SSSR count). The molecule has 2 heterocycles. The summed E-state index contributed by atoms with van der Waals surface area (Å²) < 4.78 is 12.4. The molecule has 96 valence electrons. The van der Waals surface area contributed by atoms with Crippen LogP contribution in [0.3, 0.4) is 0 Å². The maximum atomic E-state index is 5.56. The Balaban J connectivity index is 1.71. The molecular formula is C11H20N4O2. The summed E-state index contributed by atoms with van der Waals surface area (Å²) in [5.41, 5.74) is 0. The van der Waals surface area contributed by atoms with E-state index in [1.807, 2.05) is 4.68 Å². The van der Waals surface area contributed by atoms with Gasteiger partial charge in [-0.25, -0.2) is 4.98 Å². The third kappa shape index (κ3) is 4.07. The molecule has 1 saturated heterocycles. The first-order valence-corrected chi connectivity index (χ1v) is 6.08. The average Bonchev–Trinajstić information content (AvgIpc) is 2.97. The van der Waals surface area contributed by atoms with Gasteiger partial charge in [-0.15, -0.1) is 0 Å². The number of hydrogen-bond donors (Lipinski definition) is 1. The lowest BCUT2D eigenvalue weighted by Crippen LogP contribution is -2.20. The molecule has 1 aromatic rings. The van der Waals surface area contributed by atoms with Crippen molar-refractivity contribution in [3.63, 3.8) is 0 Å². The van der Waals surface area contributed by atoms with Crippen LogP contribution in [0.25, 0.3) is 0 Å². The lowest BCUT2D eigenvalue weighted by molar-refractivity contribution is 0.0938. The molecule has 1 atom stereocenters. The van der Waals surface area contributed by atoms with Crippen molar-refractivity contribution in [1.29, 1.82) is 0 Å². The molecule has 1 fully saturated rings. The Bertz CT molecular complexity index is 323. The SMILES string of the molecule is COCCNCc1ncn(CC2CCCO2)n1. The molecule has 1 N–H and O–H groups in total. The molecule has 0 amide bonds. The summed E-state index contributed by atoms with van der Waals surface area (Å²) in [6, 6.07) is 0. The average molecular weight is 240 g/mol. The number of rotatable bonds is 7. The standard InChI is InChI=1S/C11H20N4O2/c1-16-6-4-12-7-11-13-9-15(14-11)8-10-3-2-5-17-10/h9-10,12H,2-8H2,1H3.